The number of benzene rings is 1. The highest BCUT2D eigenvalue weighted by atomic mass is 32.1. The van der Waals surface area contributed by atoms with Gasteiger partial charge in [-0.15, -0.1) is 0 Å². The number of rotatable bonds is 9. The summed E-state index contributed by atoms with van der Waals surface area (Å²) in [4.78, 5) is 3.72. The van der Waals surface area contributed by atoms with E-state index in [1.807, 2.05) is 19.2 Å². The Bertz CT molecular complexity index is 565. The Balaban J connectivity index is 1.66. The van der Waals surface area contributed by atoms with E-state index in [-0.39, 0.29) is 0 Å². The first-order valence-electron chi connectivity index (χ1n) is 9.25. The van der Waals surface area contributed by atoms with Crippen molar-refractivity contribution in [2.24, 2.45) is 0 Å². The Hall–Kier alpha value is -1.57. The highest BCUT2D eigenvalue weighted by molar-refractivity contribution is 7.80. The van der Waals surface area contributed by atoms with Crippen LogP contribution in [0.4, 0.5) is 0 Å². The Labute approximate surface area is 162 Å². The molecule has 0 atom stereocenters. The third kappa shape index (κ3) is 6.63. The molecule has 0 unspecified atom stereocenters. The van der Waals surface area contributed by atoms with Gasteiger partial charge in [0.2, 0.25) is 0 Å². The summed E-state index contributed by atoms with van der Waals surface area (Å²) in [5.74, 6) is 1.52. The van der Waals surface area contributed by atoms with Crippen molar-refractivity contribution in [1.82, 2.24) is 10.2 Å². The Morgan fingerprint density at radius 1 is 1.23 bits per heavy atom. The molecule has 1 saturated heterocycles. The number of hydrogen-bond donors (Lipinski definition) is 2. The maximum Gasteiger partial charge on any atom is 0.168 e. The maximum atomic E-state index is 5.49. The second-order valence-corrected chi connectivity index (χ2v) is 6.95. The van der Waals surface area contributed by atoms with Gasteiger partial charge in [-0.1, -0.05) is 6.07 Å². The van der Waals surface area contributed by atoms with Gasteiger partial charge in [-0.05, 0) is 36.3 Å². The molecule has 0 radical (unpaired) electrons. The van der Waals surface area contributed by atoms with E-state index in [0.717, 1.165) is 68.8 Å². The van der Waals surface area contributed by atoms with Crippen LogP contribution in [0.1, 0.15) is 12.0 Å². The minimum atomic E-state index is 0.754. The van der Waals surface area contributed by atoms with Crippen molar-refractivity contribution in [1.29, 1.82) is 0 Å². The summed E-state index contributed by atoms with van der Waals surface area (Å²) < 4.78 is 16.0. The highest BCUT2D eigenvalue weighted by Gasteiger charge is 2.13. The van der Waals surface area contributed by atoms with Gasteiger partial charge in [0.25, 0.3) is 0 Å². The van der Waals surface area contributed by atoms with Crippen molar-refractivity contribution < 1.29 is 19.1 Å². The fourth-order valence-corrected chi connectivity index (χ4v) is 3.21. The van der Waals surface area contributed by atoms with Gasteiger partial charge < -0.3 is 29.3 Å². The molecule has 0 spiro atoms. The average Bonchev–Trinajstić information content (AvgIpc) is 2.69. The van der Waals surface area contributed by atoms with Crippen LogP contribution in [0.15, 0.2) is 18.2 Å². The number of ether oxygens (including phenoxy) is 3. The van der Waals surface area contributed by atoms with Gasteiger partial charge in [0.15, 0.2) is 16.6 Å². The SMILES string of the molecule is COc1ccc(CCN(C)C(=S)NCCC[NH+]2CCOCC2)cc1OC. The molecule has 1 aliphatic heterocycles. The number of nitrogens with zero attached hydrogens (tertiary/aromatic N) is 1. The molecule has 0 bridgehead atoms. The first-order valence-corrected chi connectivity index (χ1v) is 9.66. The number of hydrogen-bond acceptors (Lipinski definition) is 4. The minimum Gasteiger partial charge on any atom is -0.493 e. The lowest BCUT2D eigenvalue weighted by atomic mass is 10.1. The van der Waals surface area contributed by atoms with Crippen molar-refractivity contribution in [3.05, 3.63) is 23.8 Å². The molecule has 2 rings (SSSR count). The zero-order valence-electron chi connectivity index (χ0n) is 16.2. The molecule has 2 N–H and O–H groups in total. The maximum absolute atomic E-state index is 5.49. The van der Waals surface area contributed by atoms with E-state index in [1.165, 1.54) is 12.1 Å². The van der Waals surface area contributed by atoms with Crippen molar-refractivity contribution in [2.45, 2.75) is 12.8 Å². The zero-order chi connectivity index (χ0) is 18.8. The number of nitrogens with one attached hydrogen (secondary N) is 2. The lowest BCUT2D eigenvalue weighted by molar-refractivity contribution is -0.908. The number of thiocarbonyl (C=S) groups is 1. The molecule has 6 nitrogen and oxygen atoms in total. The van der Waals surface area contributed by atoms with Gasteiger partial charge in [0.1, 0.15) is 13.1 Å². The van der Waals surface area contributed by atoms with Gasteiger partial charge in [-0.25, -0.2) is 0 Å². The molecule has 7 heteroatoms. The molecule has 0 saturated carbocycles. The molecule has 1 aromatic carbocycles. The molecule has 146 valence electrons. The fourth-order valence-electron chi connectivity index (χ4n) is 3.01. The largest absolute Gasteiger partial charge is 0.493 e. The van der Waals surface area contributed by atoms with Crippen LogP contribution in [0.5, 0.6) is 11.5 Å². The minimum absolute atomic E-state index is 0.754. The Morgan fingerprint density at radius 3 is 2.65 bits per heavy atom. The summed E-state index contributed by atoms with van der Waals surface area (Å²) in [6.07, 6.45) is 2.02. The molecule has 0 aromatic heterocycles. The molecular formula is C19H32N3O3S+. The lowest BCUT2D eigenvalue weighted by Crippen LogP contribution is -3.14. The number of morpholine rings is 1. The predicted molar refractivity (Wildman–Crippen MR) is 107 cm³/mol. The average molecular weight is 383 g/mol. The number of methoxy groups -OCH3 is 2. The van der Waals surface area contributed by atoms with Gasteiger partial charge in [0.05, 0.1) is 34.0 Å². The van der Waals surface area contributed by atoms with Gasteiger partial charge in [0, 0.05) is 26.6 Å². The van der Waals surface area contributed by atoms with Crippen molar-refractivity contribution >= 4 is 17.3 Å². The summed E-state index contributed by atoms with van der Waals surface area (Å²) in [7, 11) is 5.34. The second kappa shape index (κ2) is 11.2. The molecule has 26 heavy (non-hydrogen) atoms. The summed E-state index contributed by atoms with van der Waals surface area (Å²) in [6.45, 7) is 6.97. The van der Waals surface area contributed by atoms with Crippen LogP contribution in [0.2, 0.25) is 0 Å². The molecule has 1 fully saturated rings. The van der Waals surface area contributed by atoms with E-state index in [2.05, 4.69) is 16.3 Å². The van der Waals surface area contributed by atoms with Crippen LogP contribution in [-0.2, 0) is 11.2 Å². The summed E-state index contributed by atoms with van der Waals surface area (Å²) in [5, 5.41) is 4.17. The first kappa shape index (κ1) is 20.7. The van der Waals surface area contributed by atoms with Crippen LogP contribution in [0, 0.1) is 0 Å². The molecule has 0 amide bonds. The summed E-state index contributed by atoms with van der Waals surface area (Å²) >= 11 is 5.49. The normalized spacial score (nSPS) is 14.7. The topological polar surface area (TPSA) is 47.4 Å². The summed E-state index contributed by atoms with van der Waals surface area (Å²) in [5.41, 5.74) is 1.20. The van der Waals surface area contributed by atoms with Crippen LogP contribution < -0.4 is 19.7 Å². The van der Waals surface area contributed by atoms with Crippen molar-refractivity contribution in [3.8, 4) is 11.5 Å². The van der Waals surface area contributed by atoms with Crippen LogP contribution in [-0.4, -0.2) is 77.2 Å². The molecule has 1 aliphatic rings. The number of quaternary nitrogens is 1. The standard InChI is InChI=1S/C19H31N3O3S/c1-21(10-7-16-5-6-17(23-2)18(15-16)24-3)19(26)20-8-4-9-22-11-13-25-14-12-22/h5-6,15H,4,7-14H2,1-3H3,(H,20,26)/p+1. The third-order valence-corrected chi connectivity index (χ3v) is 5.17. The van der Waals surface area contributed by atoms with E-state index in [0.29, 0.717) is 0 Å². The van der Waals surface area contributed by atoms with Crippen molar-refractivity contribution in [3.63, 3.8) is 0 Å². The third-order valence-electron chi connectivity index (χ3n) is 4.71. The molecule has 1 heterocycles. The van der Waals surface area contributed by atoms with Gasteiger partial charge in [-0.2, -0.15) is 0 Å². The lowest BCUT2D eigenvalue weighted by Gasteiger charge is -2.24. The Kier molecular flexibility index (Phi) is 8.94. The van der Waals surface area contributed by atoms with Crippen LogP contribution in [0.25, 0.3) is 0 Å². The monoisotopic (exact) mass is 382 g/mol. The first-order chi connectivity index (χ1) is 12.6. The van der Waals surface area contributed by atoms with Gasteiger partial charge >= 0.3 is 0 Å². The second-order valence-electron chi connectivity index (χ2n) is 6.56. The van der Waals surface area contributed by atoms with Crippen LogP contribution in [0.3, 0.4) is 0 Å². The quantitative estimate of drug-likeness (QED) is 0.475. The molecule has 1 aromatic rings. The van der Waals surface area contributed by atoms with E-state index in [9.17, 15) is 0 Å². The predicted octanol–water partition coefficient (Wildman–Crippen LogP) is 0.358. The van der Waals surface area contributed by atoms with E-state index in [1.54, 1.807) is 19.1 Å². The summed E-state index contributed by atoms with van der Waals surface area (Å²) in [6, 6.07) is 6.03. The highest BCUT2D eigenvalue weighted by Crippen LogP contribution is 2.27. The molecule has 0 aliphatic carbocycles. The van der Waals surface area contributed by atoms with Gasteiger partial charge in [-0.3, -0.25) is 0 Å². The Morgan fingerprint density at radius 2 is 1.96 bits per heavy atom. The van der Waals surface area contributed by atoms with E-state index >= 15 is 0 Å². The van der Waals surface area contributed by atoms with Crippen LogP contribution >= 0.6 is 12.2 Å². The van der Waals surface area contributed by atoms with E-state index in [4.69, 9.17) is 26.4 Å². The number of likely N-dealkylation sites (N-methyl/N-ethyl adjacent to an activating group) is 1. The molecular weight excluding hydrogens is 350 g/mol. The fraction of sp³-hybridized carbons (Fsp3) is 0.632. The van der Waals surface area contributed by atoms with Crippen molar-refractivity contribution in [2.75, 3.05) is 67.2 Å². The smallest absolute Gasteiger partial charge is 0.168 e. The zero-order valence-corrected chi connectivity index (χ0v) is 17.0. The van der Waals surface area contributed by atoms with E-state index < -0.39 is 0 Å².